The van der Waals surface area contributed by atoms with E-state index in [1.807, 2.05) is 11.3 Å². The van der Waals surface area contributed by atoms with E-state index in [2.05, 4.69) is 29.0 Å². The molecule has 3 rings (SSSR count). The van der Waals surface area contributed by atoms with Crippen LogP contribution in [0.15, 0.2) is 12.1 Å². The molecule has 0 spiro atoms. The zero-order valence-corrected chi connectivity index (χ0v) is 12.7. The Morgan fingerprint density at radius 1 is 1.26 bits per heavy atom. The quantitative estimate of drug-likeness (QED) is 0.920. The predicted molar refractivity (Wildman–Crippen MR) is 81.2 cm³/mol. The molecule has 2 N–H and O–H groups in total. The minimum absolute atomic E-state index is 0.681. The molecule has 0 aliphatic carbocycles. The van der Waals surface area contributed by atoms with Crippen molar-refractivity contribution in [3.8, 4) is 0 Å². The zero-order valence-electron chi connectivity index (χ0n) is 11.8. The molecule has 0 amide bonds. The molecule has 0 saturated carbocycles. The third kappa shape index (κ3) is 3.02. The molecular weight excluding hydrogens is 254 g/mol. The van der Waals surface area contributed by atoms with Gasteiger partial charge in [0.15, 0.2) is 0 Å². The minimum Gasteiger partial charge on any atom is -0.326 e. The topological polar surface area (TPSA) is 32.5 Å². The fourth-order valence-electron chi connectivity index (χ4n) is 3.71. The number of likely N-dealkylation sites (tertiary alicyclic amines) is 2. The number of thiophene rings is 1. The Bertz CT molecular complexity index is 417. The van der Waals surface area contributed by atoms with E-state index in [1.165, 1.54) is 48.7 Å². The average Bonchev–Trinajstić information content (AvgIpc) is 2.86. The van der Waals surface area contributed by atoms with Crippen LogP contribution < -0.4 is 5.73 Å². The van der Waals surface area contributed by atoms with Crippen molar-refractivity contribution in [2.45, 2.75) is 38.4 Å². The molecule has 2 fully saturated rings. The predicted octanol–water partition coefficient (Wildman–Crippen LogP) is 2.12. The van der Waals surface area contributed by atoms with E-state index in [0.717, 1.165) is 18.5 Å². The molecule has 2 aliphatic rings. The molecule has 0 aromatic carbocycles. The van der Waals surface area contributed by atoms with Crippen molar-refractivity contribution in [2.75, 3.05) is 26.7 Å². The summed E-state index contributed by atoms with van der Waals surface area (Å²) in [6.45, 7) is 5.63. The number of nitrogens with two attached hydrogens (primary N) is 1. The van der Waals surface area contributed by atoms with E-state index in [4.69, 9.17) is 5.73 Å². The maximum Gasteiger partial charge on any atom is 0.0328 e. The molecule has 4 heteroatoms. The number of rotatable bonds is 3. The normalized spacial score (nSPS) is 29.4. The van der Waals surface area contributed by atoms with Crippen LogP contribution in [0.4, 0.5) is 0 Å². The van der Waals surface area contributed by atoms with Crippen molar-refractivity contribution in [3.63, 3.8) is 0 Å². The Labute approximate surface area is 120 Å². The molecular formula is C15H25N3S. The first-order chi connectivity index (χ1) is 9.26. The Morgan fingerprint density at radius 3 is 2.89 bits per heavy atom. The summed E-state index contributed by atoms with van der Waals surface area (Å²) in [5.74, 6) is 0.890. The standard InChI is InChI=1S/C15H25N3S/c1-17-7-2-3-12-10-18(8-6-15(12)17)11-14-5-4-13(9-16)19-14/h4-5,12,15H,2-3,6-11,16H2,1H3. The lowest BCUT2D eigenvalue weighted by Gasteiger charge is -2.46. The Kier molecular flexibility index (Phi) is 4.22. The van der Waals surface area contributed by atoms with Crippen LogP contribution >= 0.6 is 11.3 Å². The Morgan fingerprint density at radius 2 is 2.11 bits per heavy atom. The van der Waals surface area contributed by atoms with Gasteiger partial charge in [-0.15, -0.1) is 11.3 Å². The highest BCUT2D eigenvalue weighted by molar-refractivity contribution is 7.11. The van der Waals surface area contributed by atoms with Gasteiger partial charge in [0.1, 0.15) is 0 Å². The van der Waals surface area contributed by atoms with Crippen molar-refractivity contribution < 1.29 is 0 Å². The first-order valence-electron chi connectivity index (χ1n) is 7.46. The highest BCUT2D eigenvalue weighted by Gasteiger charge is 2.34. The fourth-order valence-corrected chi connectivity index (χ4v) is 4.65. The van der Waals surface area contributed by atoms with Crippen molar-refractivity contribution in [3.05, 3.63) is 21.9 Å². The summed E-state index contributed by atoms with van der Waals surface area (Å²) in [4.78, 5) is 8.01. The Balaban J connectivity index is 1.58. The second-order valence-electron chi connectivity index (χ2n) is 6.05. The van der Waals surface area contributed by atoms with Gasteiger partial charge < -0.3 is 10.6 Å². The lowest BCUT2D eigenvalue weighted by molar-refractivity contribution is 0.0359. The van der Waals surface area contributed by atoms with Crippen LogP contribution in [0.5, 0.6) is 0 Å². The van der Waals surface area contributed by atoms with Gasteiger partial charge in [0.05, 0.1) is 0 Å². The first-order valence-corrected chi connectivity index (χ1v) is 8.28. The molecule has 2 atom stereocenters. The van der Waals surface area contributed by atoms with Gasteiger partial charge in [0.25, 0.3) is 0 Å². The molecule has 1 aromatic rings. The molecule has 0 radical (unpaired) electrons. The third-order valence-electron chi connectivity index (χ3n) is 4.73. The van der Waals surface area contributed by atoms with E-state index in [-0.39, 0.29) is 0 Å². The van der Waals surface area contributed by atoms with Gasteiger partial charge in [0, 0.05) is 42.0 Å². The van der Waals surface area contributed by atoms with Crippen molar-refractivity contribution in [1.82, 2.24) is 9.80 Å². The SMILES string of the molecule is CN1CCCC2CN(Cc3ccc(CN)s3)CCC21. The van der Waals surface area contributed by atoms with Crippen LogP contribution in [0.3, 0.4) is 0 Å². The second kappa shape index (κ2) is 5.92. The van der Waals surface area contributed by atoms with Crippen LogP contribution in [0, 0.1) is 5.92 Å². The number of hydrogen-bond acceptors (Lipinski definition) is 4. The molecule has 0 bridgehead atoms. The van der Waals surface area contributed by atoms with Gasteiger partial charge in [-0.1, -0.05) is 0 Å². The zero-order chi connectivity index (χ0) is 13.2. The molecule has 3 heterocycles. The second-order valence-corrected chi connectivity index (χ2v) is 7.30. The van der Waals surface area contributed by atoms with Crippen LogP contribution in [0.2, 0.25) is 0 Å². The van der Waals surface area contributed by atoms with Gasteiger partial charge in [-0.05, 0) is 50.9 Å². The minimum atomic E-state index is 0.681. The summed E-state index contributed by atoms with van der Waals surface area (Å²) >= 11 is 1.88. The van der Waals surface area contributed by atoms with Gasteiger partial charge in [0.2, 0.25) is 0 Å². The highest BCUT2D eigenvalue weighted by atomic mass is 32.1. The molecule has 106 valence electrons. The molecule has 3 nitrogen and oxygen atoms in total. The highest BCUT2D eigenvalue weighted by Crippen LogP contribution is 2.30. The summed E-state index contributed by atoms with van der Waals surface area (Å²) in [6, 6.07) is 5.28. The van der Waals surface area contributed by atoms with Crippen molar-refractivity contribution >= 4 is 11.3 Å². The molecule has 1 aromatic heterocycles. The molecule has 2 aliphatic heterocycles. The van der Waals surface area contributed by atoms with E-state index in [9.17, 15) is 0 Å². The number of piperidine rings is 2. The number of nitrogens with zero attached hydrogens (tertiary/aromatic N) is 2. The lowest BCUT2D eigenvalue weighted by atomic mass is 9.84. The van der Waals surface area contributed by atoms with Gasteiger partial charge >= 0.3 is 0 Å². The third-order valence-corrected chi connectivity index (χ3v) is 5.82. The van der Waals surface area contributed by atoms with E-state index >= 15 is 0 Å². The van der Waals surface area contributed by atoms with E-state index in [1.54, 1.807) is 0 Å². The molecule has 19 heavy (non-hydrogen) atoms. The monoisotopic (exact) mass is 279 g/mol. The maximum atomic E-state index is 5.69. The van der Waals surface area contributed by atoms with Gasteiger partial charge in [-0.2, -0.15) is 0 Å². The van der Waals surface area contributed by atoms with Gasteiger partial charge in [-0.3, -0.25) is 4.90 Å². The van der Waals surface area contributed by atoms with Crippen LogP contribution in [0.1, 0.15) is 29.0 Å². The number of hydrogen-bond donors (Lipinski definition) is 1. The van der Waals surface area contributed by atoms with Crippen molar-refractivity contribution in [2.24, 2.45) is 11.7 Å². The number of fused-ring (bicyclic) bond motifs is 1. The van der Waals surface area contributed by atoms with Crippen LogP contribution in [-0.4, -0.2) is 42.5 Å². The smallest absolute Gasteiger partial charge is 0.0328 e. The van der Waals surface area contributed by atoms with Crippen LogP contribution in [0.25, 0.3) is 0 Å². The van der Waals surface area contributed by atoms with Gasteiger partial charge in [-0.25, -0.2) is 0 Å². The fraction of sp³-hybridized carbons (Fsp3) is 0.733. The van der Waals surface area contributed by atoms with Crippen LogP contribution in [-0.2, 0) is 13.1 Å². The van der Waals surface area contributed by atoms with Crippen molar-refractivity contribution in [1.29, 1.82) is 0 Å². The Hall–Kier alpha value is -0.420. The summed E-state index contributed by atoms with van der Waals surface area (Å²) < 4.78 is 0. The summed E-state index contributed by atoms with van der Waals surface area (Å²) in [7, 11) is 2.30. The summed E-state index contributed by atoms with van der Waals surface area (Å²) in [5.41, 5.74) is 5.69. The molecule has 2 unspecified atom stereocenters. The lowest BCUT2D eigenvalue weighted by Crippen LogP contribution is -2.52. The largest absolute Gasteiger partial charge is 0.326 e. The summed E-state index contributed by atoms with van der Waals surface area (Å²) in [5, 5.41) is 0. The summed E-state index contributed by atoms with van der Waals surface area (Å²) in [6.07, 6.45) is 4.14. The molecule has 2 saturated heterocycles. The maximum absolute atomic E-state index is 5.69. The van der Waals surface area contributed by atoms with E-state index < -0.39 is 0 Å². The first kappa shape index (κ1) is 13.6. The van der Waals surface area contributed by atoms with E-state index in [0.29, 0.717) is 6.54 Å². The average molecular weight is 279 g/mol.